The molecule has 4 rings (SSSR count). The highest BCUT2D eigenvalue weighted by Gasteiger charge is 2.57. The van der Waals surface area contributed by atoms with E-state index in [0.717, 1.165) is 0 Å². The number of halogens is 1. The van der Waals surface area contributed by atoms with E-state index in [4.69, 9.17) is 5.26 Å². The Morgan fingerprint density at radius 2 is 2.00 bits per heavy atom. The van der Waals surface area contributed by atoms with Crippen LogP contribution in [0.4, 0.5) is 15.8 Å². The summed E-state index contributed by atoms with van der Waals surface area (Å²) < 4.78 is 14.8. The van der Waals surface area contributed by atoms with Gasteiger partial charge in [0.1, 0.15) is 5.82 Å². The van der Waals surface area contributed by atoms with E-state index in [0.29, 0.717) is 29.0 Å². The lowest BCUT2D eigenvalue weighted by Gasteiger charge is -2.29. The van der Waals surface area contributed by atoms with Gasteiger partial charge in [-0.05, 0) is 47.7 Å². The number of para-hydroxylation sites is 1. The van der Waals surface area contributed by atoms with Gasteiger partial charge >= 0.3 is 0 Å². The molecule has 160 valence electrons. The number of nitriles is 1. The minimum Gasteiger partial charge on any atom is -0.325 e. The van der Waals surface area contributed by atoms with Gasteiger partial charge in [0, 0.05) is 18.8 Å². The summed E-state index contributed by atoms with van der Waals surface area (Å²) in [6, 6.07) is 12.8. The van der Waals surface area contributed by atoms with Gasteiger partial charge in [-0.25, -0.2) is 4.39 Å². The minimum atomic E-state index is -0.963. The first kappa shape index (κ1) is 21.0. The lowest BCUT2D eigenvalue weighted by molar-refractivity contribution is -0.123. The maximum atomic E-state index is 14.8. The largest absolute Gasteiger partial charge is 0.325 e. The fourth-order valence-electron chi connectivity index (χ4n) is 4.48. The third kappa shape index (κ3) is 3.68. The number of anilines is 2. The van der Waals surface area contributed by atoms with Gasteiger partial charge in [-0.1, -0.05) is 32.9 Å². The number of rotatable bonds is 3. The molecule has 0 bridgehead atoms. The van der Waals surface area contributed by atoms with Crippen LogP contribution in [0.3, 0.4) is 0 Å². The van der Waals surface area contributed by atoms with Gasteiger partial charge in [0.05, 0.1) is 28.8 Å². The van der Waals surface area contributed by atoms with Crippen molar-refractivity contribution >= 4 is 23.2 Å². The SMILES string of the molecule is CC(C)(C)CN1C(=O)C2(CNC(C(=O)Nc3ccc(C#N)cc3)C2)c2cccc(F)c21. The molecule has 0 radical (unpaired) electrons. The van der Waals surface area contributed by atoms with E-state index in [1.165, 1.54) is 6.07 Å². The van der Waals surface area contributed by atoms with Crippen LogP contribution in [0.2, 0.25) is 0 Å². The Kier molecular flexibility index (Phi) is 5.06. The molecule has 0 saturated carbocycles. The minimum absolute atomic E-state index is 0.163. The maximum Gasteiger partial charge on any atom is 0.241 e. The summed E-state index contributed by atoms with van der Waals surface area (Å²) in [6.45, 7) is 6.68. The van der Waals surface area contributed by atoms with E-state index in [-0.39, 0.29) is 30.2 Å². The van der Waals surface area contributed by atoms with Gasteiger partial charge < -0.3 is 15.5 Å². The second-order valence-electron chi connectivity index (χ2n) is 9.49. The highest BCUT2D eigenvalue weighted by Crippen LogP contribution is 2.48. The Balaban J connectivity index is 1.60. The second kappa shape index (κ2) is 7.47. The van der Waals surface area contributed by atoms with Gasteiger partial charge in [-0.15, -0.1) is 0 Å². The molecule has 1 saturated heterocycles. The standard InChI is InChI=1S/C24H25FN4O2/c1-23(2,3)14-29-20-17(5-4-6-18(20)25)24(22(29)31)11-19(27-13-24)21(30)28-16-9-7-15(12-26)8-10-16/h4-10,19,27H,11,13-14H2,1-3H3,(H,28,30). The number of nitrogens with zero attached hydrogens (tertiary/aromatic N) is 2. The van der Waals surface area contributed by atoms with Crippen LogP contribution in [0.5, 0.6) is 0 Å². The van der Waals surface area contributed by atoms with Crippen molar-refractivity contribution in [2.45, 2.75) is 38.6 Å². The summed E-state index contributed by atoms with van der Waals surface area (Å²) in [6.07, 6.45) is 0.255. The molecule has 2 aliphatic rings. The van der Waals surface area contributed by atoms with Crippen molar-refractivity contribution in [1.82, 2.24) is 5.32 Å². The third-order valence-corrected chi connectivity index (χ3v) is 5.86. The van der Waals surface area contributed by atoms with Gasteiger partial charge in [-0.3, -0.25) is 9.59 Å². The molecule has 2 N–H and O–H groups in total. The molecular weight excluding hydrogens is 395 g/mol. The van der Waals surface area contributed by atoms with E-state index in [1.54, 1.807) is 41.3 Å². The predicted octanol–water partition coefficient (Wildman–Crippen LogP) is 3.33. The van der Waals surface area contributed by atoms with Crippen molar-refractivity contribution in [3.05, 3.63) is 59.4 Å². The van der Waals surface area contributed by atoms with Gasteiger partial charge in [-0.2, -0.15) is 5.26 Å². The van der Waals surface area contributed by atoms with Crippen LogP contribution in [-0.4, -0.2) is 30.9 Å². The Labute approximate surface area is 181 Å². The number of benzene rings is 2. The third-order valence-electron chi connectivity index (χ3n) is 5.86. The van der Waals surface area contributed by atoms with E-state index < -0.39 is 17.3 Å². The highest BCUT2D eigenvalue weighted by atomic mass is 19.1. The van der Waals surface area contributed by atoms with E-state index >= 15 is 0 Å². The van der Waals surface area contributed by atoms with Crippen molar-refractivity contribution in [2.75, 3.05) is 23.3 Å². The van der Waals surface area contributed by atoms with E-state index in [2.05, 4.69) is 10.6 Å². The van der Waals surface area contributed by atoms with Crippen LogP contribution in [0.1, 0.15) is 38.3 Å². The molecule has 2 aliphatic heterocycles. The zero-order valence-electron chi connectivity index (χ0n) is 17.8. The average molecular weight is 420 g/mol. The van der Waals surface area contributed by atoms with Crippen LogP contribution < -0.4 is 15.5 Å². The van der Waals surface area contributed by atoms with Crippen molar-refractivity contribution in [3.8, 4) is 6.07 Å². The fourth-order valence-corrected chi connectivity index (χ4v) is 4.48. The summed E-state index contributed by atoms with van der Waals surface area (Å²) in [4.78, 5) is 28.0. The van der Waals surface area contributed by atoms with Crippen molar-refractivity contribution in [2.24, 2.45) is 5.41 Å². The molecule has 0 aliphatic carbocycles. The van der Waals surface area contributed by atoms with Gasteiger partial charge in [0.2, 0.25) is 11.8 Å². The van der Waals surface area contributed by atoms with Gasteiger partial charge in [0.25, 0.3) is 0 Å². The van der Waals surface area contributed by atoms with E-state index in [9.17, 15) is 14.0 Å². The summed E-state index contributed by atoms with van der Waals surface area (Å²) in [5.74, 6) is -0.845. The first-order valence-corrected chi connectivity index (χ1v) is 10.3. The molecule has 2 atom stereocenters. The molecule has 2 unspecified atom stereocenters. The highest BCUT2D eigenvalue weighted by molar-refractivity contribution is 6.10. The first-order valence-electron chi connectivity index (χ1n) is 10.3. The van der Waals surface area contributed by atoms with Crippen molar-refractivity contribution < 1.29 is 14.0 Å². The number of fused-ring (bicyclic) bond motifs is 2. The van der Waals surface area contributed by atoms with Gasteiger partial charge in [0.15, 0.2) is 0 Å². The van der Waals surface area contributed by atoms with Crippen molar-refractivity contribution in [3.63, 3.8) is 0 Å². The lowest BCUT2D eigenvalue weighted by Crippen LogP contribution is -2.44. The molecule has 0 aromatic heterocycles. The molecule has 6 nitrogen and oxygen atoms in total. The molecule has 1 fully saturated rings. The molecule has 2 aromatic rings. The molecule has 7 heteroatoms. The smallest absolute Gasteiger partial charge is 0.241 e. The van der Waals surface area contributed by atoms with Crippen LogP contribution >= 0.6 is 0 Å². The summed E-state index contributed by atoms with van der Waals surface area (Å²) in [7, 11) is 0. The average Bonchev–Trinajstić information content (AvgIpc) is 3.26. The summed E-state index contributed by atoms with van der Waals surface area (Å²) in [5, 5.41) is 14.9. The number of nitrogens with one attached hydrogen (secondary N) is 2. The molecule has 31 heavy (non-hydrogen) atoms. The topological polar surface area (TPSA) is 85.2 Å². The quantitative estimate of drug-likeness (QED) is 0.798. The zero-order chi connectivity index (χ0) is 22.4. The molecular formula is C24H25FN4O2. The Hall–Kier alpha value is -3.24. The maximum absolute atomic E-state index is 14.8. The molecule has 2 amide bonds. The predicted molar refractivity (Wildman–Crippen MR) is 116 cm³/mol. The molecule has 2 heterocycles. The number of amides is 2. The first-order chi connectivity index (χ1) is 14.6. The number of carbonyl (C=O) groups is 2. The van der Waals surface area contributed by atoms with Crippen LogP contribution in [-0.2, 0) is 15.0 Å². The lowest BCUT2D eigenvalue weighted by atomic mass is 9.79. The summed E-state index contributed by atoms with van der Waals surface area (Å²) in [5.41, 5.74) is 0.879. The van der Waals surface area contributed by atoms with Crippen LogP contribution in [0.25, 0.3) is 0 Å². The molecule has 1 spiro atoms. The number of hydrogen-bond acceptors (Lipinski definition) is 4. The Morgan fingerprint density at radius 3 is 2.65 bits per heavy atom. The number of hydrogen-bond donors (Lipinski definition) is 2. The van der Waals surface area contributed by atoms with Crippen LogP contribution in [0, 0.1) is 22.6 Å². The normalized spacial score (nSPS) is 22.5. The van der Waals surface area contributed by atoms with Crippen molar-refractivity contribution in [1.29, 1.82) is 5.26 Å². The van der Waals surface area contributed by atoms with E-state index in [1.807, 2.05) is 26.8 Å². The zero-order valence-corrected chi connectivity index (χ0v) is 17.8. The number of carbonyl (C=O) groups excluding carboxylic acids is 2. The second-order valence-corrected chi connectivity index (χ2v) is 9.49. The van der Waals surface area contributed by atoms with Crippen LogP contribution in [0.15, 0.2) is 42.5 Å². The monoisotopic (exact) mass is 420 g/mol. The molecule has 2 aromatic carbocycles. The Morgan fingerprint density at radius 1 is 1.29 bits per heavy atom. The Bertz CT molecular complexity index is 1080. The summed E-state index contributed by atoms with van der Waals surface area (Å²) >= 11 is 0. The fraction of sp³-hybridized carbons (Fsp3) is 0.375.